The van der Waals surface area contributed by atoms with E-state index in [1.807, 2.05) is 49.1 Å². The number of hydrogen-bond donors (Lipinski definition) is 1. The van der Waals surface area contributed by atoms with Gasteiger partial charge in [-0.25, -0.2) is 4.90 Å². The third kappa shape index (κ3) is 4.09. The van der Waals surface area contributed by atoms with Crippen molar-refractivity contribution in [1.29, 1.82) is 0 Å². The molecule has 7 heteroatoms. The molecule has 2 atom stereocenters. The van der Waals surface area contributed by atoms with Crippen molar-refractivity contribution in [3.63, 3.8) is 0 Å². The molecule has 1 saturated heterocycles. The predicted molar refractivity (Wildman–Crippen MR) is 118 cm³/mol. The maximum absolute atomic E-state index is 13.6. The minimum Gasteiger partial charge on any atom is -0.372 e. The van der Waals surface area contributed by atoms with Crippen molar-refractivity contribution in [1.82, 2.24) is 4.90 Å². The van der Waals surface area contributed by atoms with E-state index < -0.39 is 0 Å². The van der Waals surface area contributed by atoms with E-state index in [0.29, 0.717) is 41.3 Å². The van der Waals surface area contributed by atoms with Crippen molar-refractivity contribution in [3.8, 4) is 0 Å². The van der Waals surface area contributed by atoms with Gasteiger partial charge in [0.15, 0.2) is 0 Å². The topological polar surface area (TPSA) is 79.0 Å². The molecule has 2 aromatic rings. The van der Waals surface area contributed by atoms with Crippen LogP contribution in [-0.4, -0.2) is 47.9 Å². The fourth-order valence-electron chi connectivity index (χ4n) is 4.17. The quantitative estimate of drug-likeness (QED) is 0.771. The van der Waals surface area contributed by atoms with Crippen LogP contribution in [0.1, 0.15) is 26.3 Å². The second-order valence-corrected chi connectivity index (χ2v) is 7.93. The molecule has 3 amide bonds. The molecule has 0 aromatic heterocycles. The lowest BCUT2D eigenvalue weighted by Gasteiger charge is -2.37. The Kier molecular flexibility index (Phi) is 5.61. The fourth-order valence-corrected chi connectivity index (χ4v) is 4.17. The number of amides is 3. The predicted octanol–water partition coefficient (Wildman–Crippen LogP) is 3.04. The van der Waals surface area contributed by atoms with Crippen molar-refractivity contribution >= 4 is 34.7 Å². The molecule has 0 bridgehead atoms. The number of benzene rings is 2. The SMILES string of the molecule is CC(=O)Nc1ccc(N2C(=O)C(c3ccccc3)=C(N3CC(C)OC(C)C3)C2=O)cc1. The number of morpholine rings is 1. The maximum atomic E-state index is 13.6. The smallest absolute Gasteiger partial charge is 0.282 e. The van der Waals surface area contributed by atoms with Gasteiger partial charge in [-0.05, 0) is 43.7 Å². The Morgan fingerprint density at radius 1 is 0.935 bits per heavy atom. The number of imide groups is 1. The minimum absolute atomic E-state index is 0.0536. The third-order valence-electron chi connectivity index (χ3n) is 5.30. The summed E-state index contributed by atoms with van der Waals surface area (Å²) in [6, 6.07) is 16.0. The van der Waals surface area contributed by atoms with Crippen LogP contribution in [-0.2, 0) is 19.1 Å². The molecule has 2 aliphatic rings. The van der Waals surface area contributed by atoms with Gasteiger partial charge < -0.3 is 15.0 Å². The highest BCUT2D eigenvalue weighted by Crippen LogP contribution is 2.36. The highest BCUT2D eigenvalue weighted by Gasteiger charge is 2.43. The van der Waals surface area contributed by atoms with Gasteiger partial charge in [0.1, 0.15) is 5.70 Å². The van der Waals surface area contributed by atoms with Gasteiger partial charge in [-0.1, -0.05) is 30.3 Å². The zero-order valence-corrected chi connectivity index (χ0v) is 17.8. The van der Waals surface area contributed by atoms with Gasteiger partial charge in [-0.15, -0.1) is 0 Å². The van der Waals surface area contributed by atoms with Crippen LogP contribution < -0.4 is 10.2 Å². The number of rotatable bonds is 4. The molecular formula is C24H25N3O4. The molecule has 31 heavy (non-hydrogen) atoms. The number of carbonyl (C=O) groups is 3. The Bertz CT molecular complexity index is 1040. The van der Waals surface area contributed by atoms with E-state index in [-0.39, 0.29) is 29.9 Å². The lowest BCUT2D eigenvalue weighted by molar-refractivity contribution is -0.121. The van der Waals surface area contributed by atoms with Gasteiger partial charge in [-0.3, -0.25) is 14.4 Å². The minimum atomic E-state index is -0.356. The van der Waals surface area contributed by atoms with Crippen molar-refractivity contribution in [2.75, 3.05) is 23.3 Å². The fraction of sp³-hybridized carbons (Fsp3) is 0.292. The number of anilines is 2. The second-order valence-electron chi connectivity index (χ2n) is 7.93. The number of ether oxygens (including phenoxy) is 1. The van der Waals surface area contributed by atoms with Crippen molar-refractivity contribution in [2.45, 2.75) is 33.0 Å². The largest absolute Gasteiger partial charge is 0.372 e. The first-order valence-electron chi connectivity index (χ1n) is 10.3. The van der Waals surface area contributed by atoms with E-state index in [9.17, 15) is 14.4 Å². The standard InChI is InChI=1S/C24H25N3O4/c1-15-13-26(14-16(2)31-15)22-21(18-7-5-4-6-8-18)23(29)27(24(22)30)20-11-9-19(10-12-20)25-17(3)28/h4-12,15-16H,13-14H2,1-3H3,(H,25,28). The van der Waals surface area contributed by atoms with Gasteiger partial charge in [0.25, 0.3) is 11.8 Å². The van der Waals surface area contributed by atoms with Crippen LogP contribution in [0, 0.1) is 0 Å². The Hall–Kier alpha value is -3.45. The summed E-state index contributed by atoms with van der Waals surface area (Å²) in [7, 11) is 0. The summed E-state index contributed by atoms with van der Waals surface area (Å²) in [5, 5.41) is 2.69. The van der Waals surface area contributed by atoms with Gasteiger partial charge in [-0.2, -0.15) is 0 Å². The first kappa shape index (κ1) is 20.8. The highest BCUT2D eigenvalue weighted by molar-refractivity contribution is 6.45. The van der Waals surface area contributed by atoms with Gasteiger partial charge in [0.2, 0.25) is 5.91 Å². The van der Waals surface area contributed by atoms with E-state index in [2.05, 4.69) is 5.32 Å². The number of nitrogens with one attached hydrogen (secondary N) is 1. The van der Waals surface area contributed by atoms with Crippen LogP contribution in [0.15, 0.2) is 60.3 Å². The Morgan fingerprint density at radius 2 is 1.55 bits per heavy atom. The molecule has 0 spiro atoms. The maximum Gasteiger partial charge on any atom is 0.282 e. The number of carbonyl (C=O) groups excluding carboxylic acids is 3. The first-order valence-corrected chi connectivity index (χ1v) is 10.3. The summed E-state index contributed by atoms with van der Waals surface area (Å²) in [6.07, 6.45) is -0.107. The van der Waals surface area contributed by atoms with Crippen LogP contribution in [0.5, 0.6) is 0 Å². The molecule has 4 rings (SSSR count). The van der Waals surface area contributed by atoms with Crippen molar-refractivity contribution in [2.24, 2.45) is 0 Å². The molecule has 2 aliphatic heterocycles. The van der Waals surface area contributed by atoms with Crippen molar-refractivity contribution < 1.29 is 19.1 Å². The van der Waals surface area contributed by atoms with Crippen LogP contribution in [0.3, 0.4) is 0 Å². The van der Waals surface area contributed by atoms with Gasteiger partial charge >= 0.3 is 0 Å². The van der Waals surface area contributed by atoms with Crippen LogP contribution in [0.25, 0.3) is 5.57 Å². The normalized spacial score (nSPS) is 21.6. The Morgan fingerprint density at radius 3 is 2.13 bits per heavy atom. The molecule has 2 heterocycles. The summed E-state index contributed by atoms with van der Waals surface area (Å²) >= 11 is 0. The zero-order chi connectivity index (χ0) is 22.1. The summed E-state index contributed by atoms with van der Waals surface area (Å²) in [6.45, 7) is 6.42. The summed E-state index contributed by atoms with van der Waals surface area (Å²) in [5.74, 6) is -0.894. The lowest BCUT2D eigenvalue weighted by Crippen LogP contribution is -2.47. The van der Waals surface area contributed by atoms with E-state index in [0.717, 1.165) is 0 Å². The van der Waals surface area contributed by atoms with Gasteiger partial charge in [0, 0.05) is 25.7 Å². The molecule has 0 saturated carbocycles. The lowest BCUT2D eigenvalue weighted by atomic mass is 10.0. The van der Waals surface area contributed by atoms with E-state index in [4.69, 9.17) is 4.74 Å². The monoisotopic (exact) mass is 419 g/mol. The molecule has 160 valence electrons. The second kappa shape index (κ2) is 8.35. The highest BCUT2D eigenvalue weighted by atomic mass is 16.5. The van der Waals surface area contributed by atoms with E-state index in [1.165, 1.54) is 11.8 Å². The van der Waals surface area contributed by atoms with E-state index >= 15 is 0 Å². The molecule has 0 aliphatic carbocycles. The number of hydrogen-bond acceptors (Lipinski definition) is 5. The summed E-state index contributed by atoms with van der Waals surface area (Å²) < 4.78 is 5.83. The van der Waals surface area contributed by atoms with Crippen LogP contribution in [0.4, 0.5) is 11.4 Å². The summed E-state index contributed by atoms with van der Waals surface area (Å²) in [4.78, 5) is 41.5. The Labute approximate surface area is 181 Å². The molecule has 0 radical (unpaired) electrons. The first-order chi connectivity index (χ1) is 14.8. The van der Waals surface area contributed by atoms with Gasteiger partial charge in [0.05, 0.1) is 23.5 Å². The third-order valence-corrected chi connectivity index (χ3v) is 5.30. The average molecular weight is 419 g/mol. The van der Waals surface area contributed by atoms with Crippen LogP contribution in [0.2, 0.25) is 0 Å². The molecule has 1 fully saturated rings. The van der Waals surface area contributed by atoms with Crippen LogP contribution >= 0.6 is 0 Å². The average Bonchev–Trinajstić information content (AvgIpc) is 2.98. The molecule has 2 aromatic carbocycles. The van der Waals surface area contributed by atoms with Crippen molar-refractivity contribution in [3.05, 3.63) is 65.9 Å². The number of nitrogens with zero attached hydrogens (tertiary/aromatic N) is 2. The zero-order valence-electron chi connectivity index (χ0n) is 17.8. The van der Waals surface area contributed by atoms with E-state index in [1.54, 1.807) is 24.3 Å². The molecule has 1 N–H and O–H groups in total. The molecular weight excluding hydrogens is 394 g/mol. The summed E-state index contributed by atoms with van der Waals surface area (Å²) in [5.41, 5.74) is 2.58. The molecule has 2 unspecified atom stereocenters. The molecule has 7 nitrogen and oxygen atoms in total. The Balaban J connectivity index is 1.75.